The summed E-state index contributed by atoms with van der Waals surface area (Å²) in [4.78, 5) is 29.4. The highest BCUT2D eigenvalue weighted by Crippen LogP contribution is 2.33. The number of hydrogen-bond acceptors (Lipinski definition) is 5. The van der Waals surface area contributed by atoms with Gasteiger partial charge in [-0.25, -0.2) is 4.98 Å². The summed E-state index contributed by atoms with van der Waals surface area (Å²) in [5.74, 6) is -0.224. The molecular weight excluding hydrogens is 338 g/mol. The van der Waals surface area contributed by atoms with Crippen molar-refractivity contribution in [3.05, 3.63) is 75.3 Å². The summed E-state index contributed by atoms with van der Waals surface area (Å²) >= 11 is 1.41. The minimum Gasteiger partial charge on any atom is -0.306 e. The summed E-state index contributed by atoms with van der Waals surface area (Å²) in [5.41, 5.74) is 2.86. The Hall–Kier alpha value is -3.06. The number of hydrogen-bond donors (Lipinski definition) is 0. The first kappa shape index (κ1) is 15.5. The number of rotatable bonds is 3. The molecule has 2 aromatic carbocycles. The molecule has 6 nitrogen and oxygen atoms in total. The van der Waals surface area contributed by atoms with Crippen molar-refractivity contribution >= 4 is 28.6 Å². The fourth-order valence-electron chi connectivity index (χ4n) is 2.92. The summed E-state index contributed by atoms with van der Waals surface area (Å²) < 4.78 is 0. The molecule has 0 atom stereocenters. The van der Waals surface area contributed by atoms with Crippen LogP contribution in [0.25, 0.3) is 10.6 Å². The Morgan fingerprint density at radius 1 is 1.20 bits per heavy atom. The molecule has 7 heteroatoms. The van der Waals surface area contributed by atoms with E-state index in [1.165, 1.54) is 23.5 Å². The van der Waals surface area contributed by atoms with E-state index < -0.39 is 4.92 Å². The van der Waals surface area contributed by atoms with Gasteiger partial charge in [0.05, 0.1) is 10.6 Å². The quantitative estimate of drug-likeness (QED) is 0.529. The third-order valence-electron chi connectivity index (χ3n) is 4.16. The fourth-order valence-corrected chi connectivity index (χ4v) is 3.72. The summed E-state index contributed by atoms with van der Waals surface area (Å²) in [6.45, 7) is 0.507. The zero-order chi connectivity index (χ0) is 17.4. The number of fused-ring (bicyclic) bond motifs is 1. The number of aromatic nitrogens is 1. The third kappa shape index (κ3) is 2.78. The summed E-state index contributed by atoms with van der Waals surface area (Å²) in [6, 6.07) is 14.3. The van der Waals surface area contributed by atoms with Gasteiger partial charge in [0.25, 0.3) is 11.6 Å². The standard InChI is InChI=1S/C18H13N3O3S/c22-18(15-11-25-17(19-15)13-4-2-1-3-5-13)20-9-8-12-6-7-14(21(23)24)10-16(12)20/h1-7,10-11H,8-9H2. The van der Waals surface area contributed by atoms with E-state index in [0.717, 1.165) is 16.1 Å². The maximum Gasteiger partial charge on any atom is 0.277 e. The number of benzene rings is 2. The molecule has 4 rings (SSSR count). The molecule has 3 aromatic rings. The molecule has 1 aliphatic heterocycles. The molecule has 0 saturated carbocycles. The molecule has 0 spiro atoms. The third-order valence-corrected chi connectivity index (χ3v) is 5.06. The minimum atomic E-state index is -0.447. The van der Waals surface area contributed by atoms with Gasteiger partial charge in [-0.3, -0.25) is 14.9 Å². The zero-order valence-electron chi connectivity index (χ0n) is 13.1. The lowest BCUT2D eigenvalue weighted by molar-refractivity contribution is -0.384. The van der Waals surface area contributed by atoms with Gasteiger partial charge in [-0.1, -0.05) is 36.4 Å². The van der Waals surface area contributed by atoms with Gasteiger partial charge in [-0.15, -0.1) is 11.3 Å². The molecule has 1 aromatic heterocycles. The van der Waals surface area contributed by atoms with E-state index in [0.29, 0.717) is 24.3 Å². The van der Waals surface area contributed by atoms with Crippen molar-refractivity contribution in [2.75, 3.05) is 11.4 Å². The molecule has 1 amide bonds. The Balaban J connectivity index is 1.65. The van der Waals surface area contributed by atoms with Gasteiger partial charge in [0, 0.05) is 29.6 Å². The SMILES string of the molecule is O=C(c1csc(-c2ccccc2)n1)N1CCc2ccc([N+](=O)[O-])cc21. The number of carbonyl (C=O) groups excluding carboxylic acids is 1. The van der Waals surface area contributed by atoms with Crippen LogP contribution in [-0.4, -0.2) is 22.4 Å². The minimum absolute atomic E-state index is 0.0123. The Morgan fingerprint density at radius 3 is 2.76 bits per heavy atom. The molecule has 25 heavy (non-hydrogen) atoms. The molecule has 0 N–H and O–H groups in total. The van der Waals surface area contributed by atoms with E-state index in [4.69, 9.17) is 0 Å². The lowest BCUT2D eigenvalue weighted by atomic mass is 10.1. The van der Waals surface area contributed by atoms with E-state index in [9.17, 15) is 14.9 Å². The van der Waals surface area contributed by atoms with Gasteiger partial charge in [0.2, 0.25) is 0 Å². The van der Waals surface area contributed by atoms with Crippen LogP contribution >= 0.6 is 11.3 Å². The smallest absolute Gasteiger partial charge is 0.277 e. The number of nitro benzene ring substituents is 1. The monoisotopic (exact) mass is 351 g/mol. The highest BCUT2D eigenvalue weighted by Gasteiger charge is 2.28. The van der Waals surface area contributed by atoms with Gasteiger partial charge in [0.15, 0.2) is 0 Å². The van der Waals surface area contributed by atoms with Crippen LogP contribution in [0.4, 0.5) is 11.4 Å². The molecule has 0 radical (unpaired) electrons. The maximum atomic E-state index is 12.8. The first-order valence-corrected chi connectivity index (χ1v) is 8.61. The van der Waals surface area contributed by atoms with Crippen molar-refractivity contribution in [1.82, 2.24) is 4.98 Å². The van der Waals surface area contributed by atoms with Crippen molar-refractivity contribution in [2.24, 2.45) is 0 Å². The van der Waals surface area contributed by atoms with Crippen LogP contribution in [-0.2, 0) is 6.42 Å². The van der Waals surface area contributed by atoms with Gasteiger partial charge in [0.1, 0.15) is 10.7 Å². The molecule has 2 heterocycles. The van der Waals surface area contributed by atoms with Crippen molar-refractivity contribution in [3.63, 3.8) is 0 Å². The number of nitro groups is 1. The maximum absolute atomic E-state index is 12.8. The van der Waals surface area contributed by atoms with Gasteiger partial charge >= 0.3 is 0 Å². The zero-order valence-corrected chi connectivity index (χ0v) is 13.9. The predicted molar refractivity (Wildman–Crippen MR) is 96.0 cm³/mol. The molecule has 0 bridgehead atoms. The Kier molecular flexibility index (Phi) is 3.77. The van der Waals surface area contributed by atoms with Crippen molar-refractivity contribution in [2.45, 2.75) is 6.42 Å². The second-order valence-corrected chi connectivity index (χ2v) is 6.54. The summed E-state index contributed by atoms with van der Waals surface area (Å²) in [6.07, 6.45) is 0.689. The van der Waals surface area contributed by atoms with Crippen molar-refractivity contribution in [1.29, 1.82) is 0 Å². The second-order valence-electron chi connectivity index (χ2n) is 5.68. The molecule has 0 aliphatic carbocycles. The van der Waals surface area contributed by atoms with Crippen LogP contribution < -0.4 is 4.90 Å². The number of amides is 1. The average molecular weight is 351 g/mol. The predicted octanol–water partition coefficient (Wildman–Crippen LogP) is 3.92. The normalized spacial score (nSPS) is 12.9. The van der Waals surface area contributed by atoms with Crippen LogP contribution in [0.1, 0.15) is 16.1 Å². The average Bonchev–Trinajstić information content (AvgIpc) is 3.28. The summed E-state index contributed by atoms with van der Waals surface area (Å²) in [5, 5.41) is 13.5. The molecular formula is C18H13N3O3S. The van der Waals surface area contributed by atoms with E-state index >= 15 is 0 Å². The molecule has 0 fully saturated rings. The number of thiazole rings is 1. The molecule has 0 unspecified atom stereocenters. The molecule has 0 saturated heterocycles. The lowest BCUT2D eigenvalue weighted by Gasteiger charge is -2.15. The van der Waals surface area contributed by atoms with E-state index in [1.807, 2.05) is 30.3 Å². The van der Waals surface area contributed by atoms with Crippen molar-refractivity contribution in [3.8, 4) is 10.6 Å². The van der Waals surface area contributed by atoms with Crippen LogP contribution in [0.5, 0.6) is 0 Å². The number of nitrogens with zero attached hydrogens (tertiary/aromatic N) is 3. The van der Waals surface area contributed by atoms with Crippen LogP contribution in [0.15, 0.2) is 53.9 Å². The Bertz CT molecular complexity index is 969. The fraction of sp³-hybridized carbons (Fsp3) is 0.111. The number of non-ortho nitro benzene ring substituents is 1. The second kappa shape index (κ2) is 6.10. The first-order valence-electron chi connectivity index (χ1n) is 7.73. The molecule has 124 valence electrons. The first-order chi connectivity index (χ1) is 12.1. The van der Waals surface area contributed by atoms with Crippen LogP contribution in [0.3, 0.4) is 0 Å². The highest BCUT2D eigenvalue weighted by molar-refractivity contribution is 7.13. The van der Waals surface area contributed by atoms with Gasteiger partial charge in [-0.2, -0.15) is 0 Å². The van der Waals surface area contributed by atoms with Gasteiger partial charge < -0.3 is 4.90 Å². The van der Waals surface area contributed by atoms with E-state index in [-0.39, 0.29) is 11.6 Å². The van der Waals surface area contributed by atoms with Crippen LogP contribution in [0, 0.1) is 10.1 Å². The van der Waals surface area contributed by atoms with Gasteiger partial charge in [-0.05, 0) is 12.0 Å². The number of anilines is 1. The Morgan fingerprint density at radius 2 is 2.00 bits per heavy atom. The van der Waals surface area contributed by atoms with Crippen LogP contribution in [0.2, 0.25) is 0 Å². The summed E-state index contributed by atoms with van der Waals surface area (Å²) in [7, 11) is 0. The van der Waals surface area contributed by atoms with E-state index in [1.54, 1.807) is 16.3 Å². The largest absolute Gasteiger partial charge is 0.306 e. The Labute approximate surface area is 147 Å². The highest BCUT2D eigenvalue weighted by atomic mass is 32.1. The van der Waals surface area contributed by atoms with E-state index in [2.05, 4.69) is 4.98 Å². The topological polar surface area (TPSA) is 76.3 Å². The number of carbonyl (C=O) groups is 1. The molecule has 1 aliphatic rings. The lowest BCUT2D eigenvalue weighted by Crippen LogP contribution is -2.29. The van der Waals surface area contributed by atoms with Crippen molar-refractivity contribution < 1.29 is 9.72 Å².